The molecule has 0 spiro atoms. The van der Waals surface area contributed by atoms with Crippen LogP contribution in [0.1, 0.15) is 15.9 Å². The van der Waals surface area contributed by atoms with E-state index >= 15 is 0 Å². The van der Waals surface area contributed by atoms with Crippen molar-refractivity contribution in [1.82, 2.24) is 0 Å². The number of carbonyl (C=O) groups excluding carboxylic acids is 1. The van der Waals surface area contributed by atoms with Crippen LogP contribution in [0.4, 0.5) is 5.69 Å². The summed E-state index contributed by atoms with van der Waals surface area (Å²) in [6.45, 7) is 0. The molecular formula is C14H13NO3S. The lowest BCUT2D eigenvalue weighted by Crippen LogP contribution is -2.02. The van der Waals surface area contributed by atoms with E-state index < -0.39 is 11.1 Å². The Morgan fingerprint density at radius 3 is 1.95 bits per heavy atom. The molecule has 98 valence electrons. The van der Waals surface area contributed by atoms with Gasteiger partial charge in [-0.05, 0) is 48.5 Å². The van der Waals surface area contributed by atoms with E-state index in [9.17, 15) is 9.00 Å². The maximum atomic E-state index is 12.1. The summed E-state index contributed by atoms with van der Waals surface area (Å²) in [6.07, 6.45) is 1.44. The van der Waals surface area contributed by atoms with Gasteiger partial charge in [0.15, 0.2) is 5.78 Å². The van der Waals surface area contributed by atoms with Gasteiger partial charge in [-0.15, -0.1) is 0 Å². The molecule has 2 rings (SSSR count). The van der Waals surface area contributed by atoms with Gasteiger partial charge in [0.1, 0.15) is 5.75 Å². The second-order valence-electron chi connectivity index (χ2n) is 3.96. The summed E-state index contributed by atoms with van der Waals surface area (Å²) in [5.74, 6) is 0.374. The molecule has 2 aromatic rings. The summed E-state index contributed by atoms with van der Waals surface area (Å²) < 4.78 is 15.9. The number of ketones is 1. The van der Waals surface area contributed by atoms with Crippen LogP contribution < -0.4 is 9.92 Å². The Kier molecular flexibility index (Phi) is 3.97. The Morgan fingerprint density at radius 2 is 1.47 bits per heavy atom. The highest BCUT2D eigenvalue weighted by Gasteiger charge is 2.09. The van der Waals surface area contributed by atoms with E-state index in [2.05, 4.69) is 0 Å². The average molecular weight is 275 g/mol. The van der Waals surface area contributed by atoms with Crippen molar-refractivity contribution in [2.75, 3.05) is 12.0 Å². The highest BCUT2D eigenvalue weighted by Crippen LogP contribution is 2.16. The standard InChI is InChI=1S/C14H13NO3S/c1-19(17)18-13-8-4-11(5-9-13)14(16)10-2-6-12(15)7-3-10/h2-9H,15H2,1H3. The summed E-state index contributed by atoms with van der Waals surface area (Å²) in [5, 5.41) is 0. The second-order valence-corrected chi connectivity index (χ2v) is 4.93. The molecular weight excluding hydrogens is 262 g/mol. The first-order valence-corrected chi connectivity index (χ1v) is 7.06. The fourth-order valence-electron chi connectivity index (χ4n) is 1.60. The van der Waals surface area contributed by atoms with E-state index in [-0.39, 0.29) is 5.78 Å². The zero-order valence-corrected chi connectivity index (χ0v) is 11.1. The van der Waals surface area contributed by atoms with E-state index in [1.54, 1.807) is 48.5 Å². The molecule has 0 saturated carbocycles. The lowest BCUT2D eigenvalue weighted by atomic mass is 10.0. The van der Waals surface area contributed by atoms with Crippen molar-refractivity contribution in [2.45, 2.75) is 0 Å². The lowest BCUT2D eigenvalue weighted by molar-refractivity contribution is 0.103. The van der Waals surface area contributed by atoms with Crippen molar-refractivity contribution >= 4 is 22.6 Å². The molecule has 0 aliphatic rings. The molecule has 0 aliphatic carbocycles. The number of nitrogen functional groups attached to an aromatic ring is 1. The Labute approximate surface area is 113 Å². The van der Waals surface area contributed by atoms with Crippen molar-refractivity contribution < 1.29 is 13.2 Å². The minimum absolute atomic E-state index is 0.0934. The molecule has 1 unspecified atom stereocenters. The number of hydrogen-bond donors (Lipinski definition) is 1. The van der Waals surface area contributed by atoms with Crippen LogP contribution in [0.25, 0.3) is 0 Å². The van der Waals surface area contributed by atoms with Gasteiger partial charge in [0.05, 0.1) is 0 Å². The van der Waals surface area contributed by atoms with E-state index in [1.165, 1.54) is 6.26 Å². The predicted molar refractivity (Wildman–Crippen MR) is 75.4 cm³/mol. The number of carbonyl (C=O) groups is 1. The molecule has 0 aliphatic heterocycles. The van der Waals surface area contributed by atoms with E-state index in [1.807, 2.05) is 0 Å². The smallest absolute Gasteiger partial charge is 0.203 e. The van der Waals surface area contributed by atoms with E-state index in [4.69, 9.17) is 9.92 Å². The van der Waals surface area contributed by atoms with Crippen LogP contribution in [0.3, 0.4) is 0 Å². The first kappa shape index (κ1) is 13.3. The van der Waals surface area contributed by atoms with Gasteiger partial charge < -0.3 is 9.92 Å². The summed E-state index contributed by atoms with van der Waals surface area (Å²) in [5.41, 5.74) is 7.30. The van der Waals surface area contributed by atoms with Gasteiger partial charge in [0, 0.05) is 23.1 Å². The third-order valence-corrected chi connectivity index (χ3v) is 2.93. The average Bonchev–Trinajstić information content (AvgIpc) is 2.39. The van der Waals surface area contributed by atoms with Crippen molar-refractivity contribution in [3.05, 3.63) is 59.7 Å². The number of hydrogen-bond acceptors (Lipinski definition) is 4. The number of anilines is 1. The third kappa shape index (κ3) is 3.42. The molecule has 0 bridgehead atoms. The topological polar surface area (TPSA) is 69.4 Å². The van der Waals surface area contributed by atoms with Gasteiger partial charge in [-0.1, -0.05) is 0 Å². The van der Waals surface area contributed by atoms with Gasteiger partial charge in [-0.2, -0.15) is 0 Å². The summed E-state index contributed by atoms with van der Waals surface area (Å²) >= 11 is -1.37. The Bertz CT molecular complexity index is 606. The minimum Gasteiger partial charge on any atom is -0.401 e. The molecule has 0 saturated heterocycles. The van der Waals surface area contributed by atoms with Crippen molar-refractivity contribution in [3.63, 3.8) is 0 Å². The molecule has 2 aromatic carbocycles. The molecule has 0 radical (unpaired) electrons. The monoisotopic (exact) mass is 275 g/mol. The Morgan fingerprint density at radius 1 is 1.00 bits per heavy atom. The Hall–Kier alpha value is -2.14. The molecule has 0 amide bonds. The normalized spacial score (nSPS) is 11.8. The quantitative estimate of drug-likeness (QED) is 0.686. The van der Waals surface area contributed by atoms with Crippen molar-refractivity contribution in [2.24, 2.45) is 0 Å². The largest absolute Gasteiger partial charge is 0.401 e. The van der Waals surface area contributed by atoms with E-state index in [0.29, 0.717) is 22.6 Å². The molecule has 0 fully saturated rings. The maximum Gasteiger partial charge on any atom is 0.203 e. The number of rotatable bonds is 4. The van der Waals surface area contributed by atoms with Crippen LogP contribution in [0.2, 0.25) is 0 Å². The SMILES string of the molecule is CS(=O)Oc1ccc(C(=O)c2ccc(N)cc2)cc1. The van der Waals surface area contributed by atoms with Crippen LogP contribution in [-0.4, -0.2) is 16.2 Å². The second kappa shape index (κ2) is 5.67. The zero-order chi connectivity index (χ0) is 13.8. The number of nitrogens with two attached hydrogens (primary N) is 1. The minimum atomic E-state index is -1.37. The predicted octanol–water partition coefficient (Wildman–Crippen LogP) is 2.17. The molecule has 5 heteroatoms. The van der Waals surface area contributed by atoms with Gasteiger partial charge in [-0.3, -0.25) is 4.79 Å². The zero-order valence-electron chi connectivity index (χ0n) is 10.3. The first-order chi connectivity index (χ1) is 9.06. The van der Waals surface area contributed by atoms with Crippen LogP contribution in [0, 0.1) is 0 Å². The number of benzene rings is 2. The third-order valence-electron chi connectivity index (χ3n) is 2.50. The van der Waals surface area contributed by atoms with Gasteiger partial charge >= 0.3 is 0 Å². The maximum absolute atomic E-state index is 12.1. The molecule has 1 atom stereocenters. The summed E-state index contributed by atoms with van der Waals surface area (Å²) in [7, 11) is 0. The van der Waals surface area contributed by atoms with Gasteiger partial charge in [0.25, 0.3) is 0 Å². The van der Waals surface area contributed by atoms with Crippen LogP contribution in [0.15, 0.2) is 48.5 Å². The molecule has 4 nitrogen and oxygen atoms in total. The van der Waals surface area contributed by atoms with Crippen LogP contribution in [0.5, 0.6) is 5.75 Å². The summed E-state index contributed by atoms with van der Waals surface area (Å²) in [4.78, 5) is 12.1. The first-order valence-electron chi connectivity index (χ1n) is 5.58. The van der Waals surface area contributed by atoms with Crippen molar-refractivity contribution in [1.29, 1.82) is 0 Å². The molecule has 19 heavy (non-hydrogen) atoms. The van der Waals surface area contributed by atoms with Crippen molar-refractivity contribution in [3.8, 4) is 5.75 Å². The van der Waals surface area contributed by atoms with E-state index in [0.717, 1.165) is 0 Å². The molecule has 2 N–H and O–H groups in total. The highest BCUT2D eigenvalue weighted by molar-refractivity contribution is 7.79. The van der Waals surface area contributed by atoms with Gasteiger partial charge in [0.2, 0.25) is 11.1 Å². The lowest BCUT2D eigenvalue weighted by Gasteiger charge is -2.04. The highest BCUT2D eigenvalue weighted by atomic mass is 32.2. The summed E-state index contributed by atoms with van der Waals surface area (Å²) in [6, 6.07) is 13.3. The Balaban J connectivity index is 2.20. The molecule has 0 aromatic heterocycles. The fourth-order valence-corrected chi connectivity index (χ4v) is 1.98. The van der Waals surface area contributed by atoms with Gasteiger partial charge in [-0.25, -0.2) is 4.21 Å². The molecule has 0 heterocycles. The van der Waals surface area contributed by atoms with Crippen LogP contribution in [-0.2, 0) is 11.1 Å². The fraction of sp³-hybridized carbons (Fsp3) is 0.0714. The van der Waals surface area contributed by atoms with Crippen LogP contribution >= 0.6 is 0 Å².